The van der Waals surface area contributed by atoms with Crippen molar-refractivity contribution in [3.63, 3.8) is 0 Å². The molecule has 2 aliphatic heterocycles. The van der Waals surface area contributed by atoms with Gasteiger partial charge in [-0.25, -0.2) is 4.39 Å². The number of alkyl halides is 3. The SMILES string of the molecule is CC(C)Oc1ccc(C(=O)N2CCC3(CC2)NCCn2c(C(F)(F)F)ccc23)c(F)c1. The molecule has 3 heterocycles. The maximum Gasteiger partial charge on any atom is 0.431 e. The van der Waals surface area contributed by atoms with Crippen LogP contribution in [0.3, 0.4) is 0 Å². The van der Waals surface area contributed by atoms with Gasteiger partial charge >= 0.3 is 6.18 Å². The van der Waals surface area contributed by atoms with Crippen LogP contribution >= 0.6 is 0 Å². The van der Waals surface area contributed by atoms with Crippen LogP contribution in [0.4, 0.5) is 17.6 Å². The topological polar surface area (TPSA) is 46.5 Å². The van der Waals surface area contributed by atoms with E-state index in [4.69, 9.17) is 4.74 Å². The number of rotatable bonds is 3. The molecule has 1 amide bonds. The van der Waals surface area contributed by atoms with Gasteiger partial charge in [-0.05, 0) is 51.0 Å². The van der Waals surface area contributed by atoms with Crippen LogP contribution in [0.1, 0.15) is 48.4 Å². The van der Waals surface area contributed by atoms with Crippen LogP contribution in [-0.2, 0) is 18.3 Å². The van der Waals surface area contributed by atoms with Crippen LogP contribution in [0.15, 0.2) is 30.3 Å². The van der Waals surface area contributed by atoms with Crippen molar-refractivity contribution in [3.05, 3.63) is 53.1 Å². The molecule has 4 rings (SSSR count). The lowest BCUT2D eigenvalue weighted by Gasteiger charge is -2.45. The second-order valence-corrected chi connectivity index (χ2v) is 8.36. The Kier molecular flexibility index (Phi) is 5.49. The van der Waals surface area contributed by atoms with Crippen molar-refractivity contribution in [3.8, 4) is 5.75 Å². The Morgan fingerprint density at radius 1 is 1.13 bits per heavy atom. The van der Waals surface area contributed by atoms with Crippen molar-refractivity contribution in [1.29, 1.82) is 0 Å². The first kappa shape index (κ1) is 21.7. The predicted molar refractivity (Wildman–Crippen MR) is 106 cm³/mol. The van der Waals surface area contributed by atoms with E-state index in [9.17, 15) is 22.4 Å². The summed E-state index contributed by atoms with van der Waals surface area (Å²) in [6, 6.07) is 6.83. The number of carbonyl (C=O) groups is 1. The molecule has 0 saturated carbocycles. The van der Waals surface area contributed by atoms with Crippen LogP contribution < -0.4 is 10.1 Å². The molecule has 0 radical (unpaired) electrons. The first-order chi connectivity index (χ1) is 14.6. The Morgan fingerprint density at radius 2 is 1.84 bits per heavy atom. The highest BCUT2D eigenvalue weighted by molar-refractivity contribution is 5.94. The van der Waals surface area contributed by atoms with E-state index in [-0.39, 0.29) is 18.2 Å². The van der Waals surface area contributed by atoms with Gasteiger partial charge in [-0.3, -0.25) is 4.79 Å². The van der Waals surface area contributed by atoms with Gasteiger partial charge in [-0.2, -0.15) is 13.2 Å². The summed E-state index contributed by atoms with van der Waals surface area (Å²) in [5, 5.41) is 3.37. The van der Waals surface area contributed by atoms with E-state index in [0.29, 0.717) is 43.9 Å². The maximum atomic E-state index is 14.5. The van der Waals surface area contributed by atoms with Crippen LogP contribution in [0.25, 0.3) is 0 Å². The highest BCUT2D eigenvalue weighted by Crippen LogP contribution is 2.40. The molecule has 0 atom stereocenters. The zero-order valence-electron chi connectivity index (χ0n) is 17.4. The maximum absolute atomic E-state index is 14.5. The Labute approximate surface area is 178 Å². The zero-order chi connectivity index (χ0) is 22.4. The van der Waals surface area contributed by atoms with E-state index in [1.807, 2.05) is 13.8 Å². The predicted octanol–water partition coefficient (Wildman–Crippen LogP) is 4.17. The molecular formula is C22H25F4N3O2. The molecule has 1 aromatic heterocycles. The van der Waals surface area contributed by atoms with Gasteiger partial charge in [0.15, 0.2) is 0 Å². The van der Waals surface area contributed by atoms with Crippen LogP contribution in [0.2, 0.25) is 0 Å². The number of aromatic nitrogens is 1. The highest BCUT2D eigenvalue weighted by atomic mass is 19.4. The summed E-state index contributed by atoms with van der Waals surface area (Å²) in [5.41, 5.74) is -0.704. The Hall–Kier alpha value is -2.55. The fourth-order valence-electron chi connectivity index (χ4n) is 4.58. The molecule has 1 N–H and O–H groups in total. The quantitative estimate of drug-likeness (QED) is 0.731. The molecule has 2 aliphatic rings. The molecule has 1 aromatic carbocycles. The lowest BCUT2D eigenvalue weighted by molar-refractivity contribution is -0.144. The summed E-state index contributed by atoms with van der Waals surface area (Å²) in [5.74, 6) is -0.720. The van der Waals surface area contributed by atoms with Crippen molar-refractivity contribution in [2.45, 2.75) is 51.1 Å². The van der Waals surface area contributed by atoms with Gasteiger partial charge in [0.1, 0.15) is 17.3 Å². The van der Waals surface area contributed by atoms with Crippen molar-refractivity contribution >= 4 is 5.91 Å². The summed E-state index contributed by atoms with van der Waals surface area (Å²) < 4.78 is 61.3. The Morgan fingerprint density at radius 3 is 2.45 bits per heavy atom. The molecule has 0 aliphatic carbocycles. The number of nitrogens with zero attached hydrogens (tertiary/aromatic N) is 2. The minimum atomic E-state index is -4.41. The third-order valence-electron chi connectivity index (χ3n) is 6.01. The molecular weight excluding hydrogens is 414 g/mol. The summed E-state index contributed by atoms with van der Waals surface area (Å²) in [6.45, 7) is 4.97. The van der Waals surface area contributed by atoms with E-state index in [0.717, 1.165) is 6.07 Å². The average molecular weight is 439 g/mol. The molecule has 5 nitrogen and oxygen atoms in total. The van der Waals surface area contributed by atoms with Crippen molar-refractivity contribution in [2.75, 3.05) is 19.6 Å². The monoisotopic (exact) mass is 439 g/mol. The van der Waals surface area contributed by atoms with Gasteiger partial charge in [-0.15, -0.1) is 0 Å². The smallest absolute Gasteiger partial charge is 0.431 e. The average Bonchev–Trinajstić information content (AvgIpc) is 3.14. The molecule has 2 aromatic rings. The first-order valence-corrected chi connectivity index (χ1v) is 10.4. The molecule has 31 heavy (non-hydrogen) atoms. The first-order valence-electron chi connectivity index (χ1n) is 10.4. The highest BCUT2D eigenvalue weighted by Gasteiger charge is 2.44. The lowest BCUT2D eigenvalue weighted by atomic mass is 9.83. The van der Waals surface area contributed by atoms with Gasteiger partial charge in [0.25, 0.3) is 5.91 Å². The molecule has 1 spiro atoms. The van der Waals surface area contributed by atoms with Gasteiger partial charge in [0.2, 0.25) is 0 Å². The summed E-state index contributed by atoms with van der Waals surface area (Å²) in [6.07, 6.45) is -3.61. The fourth-order valence-corrected chi connectivity index (χ4v) is 4.58. The molecule has 1 saturated heterocycles. The second kappa shape index (κ2) is 7.85. The largest absolute Gasteiger partial charge is 0.491 e. The van der Waals surface area contributed by atoms with E-state index in [1.54, 1.807) is 11.0 Å². The number of halogens is 4. The van der Waals surface area contributed by atoms with Crippen molar-refractivity contribution in [1.82, 2.24) is 14.8 Å². The van der Waals surface area contributed by atoms with E-state index in [2.05, 4.69) is 5.32 Å². The number of carbonyl (C=O) groups excluding carboxylic acids is 1. The third-order valence-corrected chi connectivity index (χ3v) is 6.01. The summed E-state index contributed by atoms with van der Waals surface area (Å²) in [7, 11) is 0. The van der Waals surface area contributed by atoms with Gasteiger partial charge < -0.3 is 19.5 Å². The lowest BCUT2D eigenvalue weighted by Crippen LogP contribution is -2.56. The van der Waals surface area contributed by atoms with Crippen LogP contribution in [0.5, 0.6) is 5.75 Å². The van der Waals surface area contributed by atoms with Crippen molar-refractivity contribution in [2.24, 2.45) is 0 Å². The Bertz CT molecular complexity index is 976. The number of likely N-dealkylation sites (tertiary alicyclic amines) is 1. The number of hydrogen-bond donors (Lipinski definition) is 1. The van der Waals surface area contributed by atoms with Gasteiger partial charge in [-0.1, -0.05) is 0 Å². The van der Waals surface area contributed by atoms with E-state index >= 15 is 0 Å². The number of hydrogen-bond acceptors (Lipinski definition) is 3. The normalized spacial score (nSPS) is 18.4. The van der Waals surface area contributed by atoms with Crippen molar-refractivity contribution < 1.29 is 27.1 Å². The Balaban J connectivity index is 1.50. The van der Waals surface area contributed by atoms with Gasteiger partial charge in [0.05, 0.1) is 17.2 Å². The number of amides is 1. The molecule has 0 unspecified atom stereocenters. The minimum absolute atomic E-state index is 0.0357. The second-order valence-electron chi connectivity index (χ2n) is 8.36. The zero-order valence-corrected chi connectivity index (χ0v) is 17.4. The number of ether oxygens (including phenoxy) is 1. The summed E-state index contributed by atoms with van der Waals surface area (Å²) in [4.78, 5) is 14.4. The molecule has 168 valence electrons. The van der Waals surface area contributed by atoms with E-state index < -0.39 is 29.1 Å². The standard InChI is InChI=1S/C22H25F4N3O2/c1-14(2)31-15-3-4-16(17(23)13-15)20(30)28-10-7-21(8-11-28)18-5-6-19(22(24,25)26)29(18)12-9-27-21/h3-6,13-14,27H,7-12H2,1-2H3. The minimum Gasteiger partial charge on any atom is -0.491 e. The number of nitrogens with one attached hydrogen (secondary N) is 1. The van der Waals surface area contributed by atoms with Crippen LogP contribution in [0, 0.1) is 5.82 Å². The summed E-state index contributed by atoms with van der Waals surface area (Å²) >= 11 is 0. The van der Waals surface area contributed by atoms with Crippen LogP contribution in [-0.4, -0.2) is 41.1 Å². The number of benzene rings is 1. The number of fused-ring (bicyclic) bond motifs is 2. The van der Waals surface area contributed by atoms with E-state index in [1.165, 1.54) is 22.8 Å². The number of piperidine rings is 1. The molecule has 1 fully saturated rings. The third kappa shape index (κ3) is 4.03. The van der Waals surface area contributed by atoms with Gasteiger partial charge in [0, 0.05) is 37.9 Å². The molecule has 0 bridgehead atoms. The molecule has 9 heteroatoms. The fraction of sp³-hybridized carbons (Fsp3) is 0.500.